The number of likely N-dealkylation sites (N-methyl/N-ethyl adjacent to an activating group) is 1. The molecule has 1 aromatic heterocycles. The number of nitrogens with zero attached hydrogens (tertiary/aromatic N) is 3. The minimum atomic E-state index is -0.239. The van der Waals surface area contributed by atoms with Gasteiger partial charge in [0.2, 0.25) is 5.95 Å². The summed E-state index contributed by atoms with van der Waals surface area (Å²) in [6.45, 7) is 7.68. The fourth-order valence-electron chi connectivity index (χ4n) is 2.02. The predicted molar refractivity (Wildman–Crippen MR) is 76.6 cm³/mol. The molecule has 0 radical (unpaired) electrons. The van der Waals surface area contributed by atoms with E-state index in [1.165, 1.54) is 6.07 Å². The largest absolute Gasteiger partial charge is 0.369 e. The lowest BCUT2D eigenvalue weighted by molar-refractivity contribution is 0.264. The molecular formula is C14H21FN4. The molecule has 4 nitrogen and oxygen atoms in total. The second-order valence-corrected chi connectivity index (χ2v) is 5.29. The molecule has 5 heteroatoms. The van der Waals surface area contributed by atoms with Gasteiger partial charge >= 0.3 is 0 Å². The number of aromatic nitrogens is 2. The average molecular weight is 264 g/mol. The van der Waals surface area contributed by atoms with E-state index in [-0.39, 0.29) is 5.82 Å². The number of hydrogen-bond donors (Lipinski definition) is 1. The van der Waals surface area contributed by atoms with E-state index in [0.717, 1.165) is 18.6 Å². The van der Waals surface area contributed by atoms with Gasteiger partial charge in [0.15, 0.2) is 0 Å². The van der Waals surface area contributed by atoms with Crippen LogP contribution in [0, 0.1) is 12.7 Å². The first kappa shape index (κ1) is 13.8. The number of halogens is 1. The first-order chi connectivity index (χ1) is 8.90. The highest BCUT2D eigenvalue weighted by molar-refractivity contribution is 5.79. The van der Waals surface area contributed by atoms with E-state index < -0.39 is 0 Å². The van der Waals surface area contributed by atoms with Crippen LogP contribution in [-0.2, 0) is 6.54 Å². The third kappa shape index (κ3) is 2.71. The Morgan fingerprint density at radius 2 is 2.11 bits per heavy atom. The van der Waals surface area contributed by atoms with Crippen LogP contribution in [-0.4, -0.2) is 34.1 Å². The maximum atomic E-state index is 13.5. The Morgan fingerprint density at radius 1 is 1.42 bits per heavy atom. The minimum Gasteiger partial charge on any atom is -0.369 e. The van der Waals surface area contributed by atoms with Crippen molar-refractivity contribution in [1.82, 2.24) is 14.5 Å². The first-order valence-corrected chi connectivity index (χ1v) is 6.52. The molecular weight excluding hydrogens is 243 g/mol. The van der Waals surface area contributed by atoms with Gasteiger partial charge in [-0.25, -0.2) is 9.37 Å². The first-order valence-electron chi connectivity index (χ1n) is 6.52. The molecule has 2 rings (SSSR count). The van der Waals surface area contributed by atoms with Crippen LogP contribution in [0.25, 0.3) is 11.0 Å². The molecule has 2 N–H and O–H groups in total. The molecule has 0 amide bonds. The number of nitrogen functional groups attached to an aromatic ring is 1. The van der Waals surface area contributed by atoms with Crippen molar-refractivity contribution in [3.05, 3.63) is 23.5 Å². The molecule has 0 bridgehead atoms. The van der Waals surface area contributed by atoms with Gasteiger partial charge in [0, 0.05) is 25.2 Å². The number of imidazole rings is 1. The Balaban J connectivity index is 2.32. The normalized spacial score (nSPS) is 11.9. The molecule has 0 aliphatic rings. The molecule has 0 fully saturated rings. The van der Waals surface area contributed by atoms with Gasteiger partial charge in [-0.2, -0.15) is 0 Å². The zero-order valence-corrected chi connectivity index (χ0v) is 11.9. The topological polar surface area (TPSA) is 47.1 Å². The van der Waals surface area contributed by atoms with Crippen LogP contribution in [0.2, 0.25) is 0 Å². The Morgan fingerprint density at radius 3 is 2.74 bits per heavy atom. The summed E-state index contributed by atoms with van der Waals surface area (Å²) in [6, 6.07) is 3.74. The molecule has 104 valence electrons. The highest BCUT2D eigenvalue weighted by Crippen LogP contribution is 2.21. The summed E-state index contributed by atoms with van der Waals surface area (Å²) in [6.07, 6.45) is 0. The van der Waals surface area contributed by atoms with Gasteiger partial charge in [0.1, 0.15) is 5.82 Å². The van der Waals surface area contributed by atoms with Crippen molar-refractivity contribution in [2.24, 2.45) is 0 Å². The summed E-state index contributed by atoms with van der Waals surface area (Å²) in [7, 11) is 2.07. The number of hydrogen-bond acceptors (Lipinski definition) is 3. The Kier molecular flexibility index (Phi) is 3.75. The standard InChI is InChI=1S/C14H21FN4/c1-9(2)18(4)5-6-19-13-7-10(3)11(15)8-12(13)17-14(19)16/h7-9H,5-6H2,1-4H3,(H2,16,17). The molecule has 0 aliphatic carbocycles. The molecule has 1 heterocycles. The summed E-state index contributed by atoms with van der Waals surface area (Å²) in [5, 5.41) is 0. The number of aryl methyl sites for hydroxylation is 1. The summed E-state index contributed by atoms with van der Waals surface area (Å²) in [5.41, 5.74) is 8.06. The van der Waals surface area contributed by atoms with Crippen LogP contribution in [0.1, 0.15) is 19.4 Å². The fraction of sp³-hybridized carbons (Fsp3) is 0.500. The third-order valence-corrected chi connectivity index (χ3v) is 3.62. The number of benzene rings is 1. The van der Waals surface area contributed by atoms with Gasteiger partial charge in [0.05, 0.1) is 11.0 Å². The molecule has 19 heavy (non-hydrogen) atoms. The smallest absolute Gasteiger partial charge is 0.201 e. The molecule has 1 aromatic carbocycles. The van der Waals surface area contributed by atoms with Crippen LogP contribution >= 0.6 is 0 Å². The van der Waals surface area contributed by atoms with E-state index >= 15 is 0 Å². The maximum Gasteiger partial charge on any atom is 0.201 e. The molecule has 0 saturated heterocycles. The van der Waals surface area contributed by atoms with E-state index in [1.807, 2.05) is 10.6 Å². The zero-order chi connectivity index (χ0) is 14.2. The average Bonchev–Trinajstić information content (AvgIpc) is 2.62. The van der Waals surface area contributed by atoms with Crippen LogP contribution in [0.4, 0.5) is 10.3 Å². The van der Waals surface area contributed by atoms with Crippen LogP contribution in [0.15, 0.2) is 12.1 Å². The lowest BCUT2D eigenvalue weighted by atomic mass is 10.2. The van der Waals surface area contributed by atoms with Gasteiger partial charge in [-0.3, -0.25) is 0 Å². The Labute approximate surface area is 113 Å². The Hall–Kier alpha value is -1.62. The van der Waals surface area contributed by atoms with Crippen molar-refractivity contribution in [3.63, 3.8) is 0 Å². The Bertz CT molecular complexity index is 589. The van der Waals surface area contributed by atoms with Gasteiger partial charge < -0.3 is 15.2 Å². The van der Waals surface area contributed by atoms with Crippen molar-refractivity contribution < 1.29 is 4.39 Å². The van der Waals surface area contributed by atoms with Gasteiger partial charge in [-0.05, 0) is 39.4 Å². The molecule has 0 saturated carbocycles. The fourth-order valence-corrected chi connectivity index (χ4v) is 2.02. The molecule has 2 aromatic rings. The highest BCUT2D eigenvalue weighted by atomic mass is 19.1. The number of fused-ring (bicyclic) bond motifs is 1. The molecule has 0 atom stereocenters. The quantitative estimate of drug-likeness (QED) is 0.922. The van der Waals surface area contributed by atoms with Crippen molar-refractivity contribution in [2.75, 3.05) is 19.3 Å². The van der Waals surface area contributed by atoms with Crippen molar-refractivity contribution in [3.8, 4) is 0 Å². The monoisotopic (exact) mass is 264 g/mol. The van der Waals surface area contributed by atoms with E-state index in [0.29, 0.717) is 23.1 Å². The van der Waals surface area contributed by atoms with E-state index in [1.54, 1.807) is 6.92 Å². The van der Waals surface area contributed by atoms with Crippen LogP contribution in [0.3, 0.4) is 0 Å². The number of rotatable bonds is 4. The SMILES string of the molecule is Cc1cc2c(cc1F)nc(N)n2CCN(C)C(C)C. The van der Waals surface area contributed by atoms with Crippen LogP contribution < -0.4 is 5.73 Å². The maximum absolute atomic E-state index is 13.5. The molecule has 0 aliphatic heterocycles. The molecule has 0 unspecified atom stereocenters. The van der Waals surface area contributed by atoms with Gasteiger partial charge in [0.25, 0.3) is 0 Å². The van der Waals surface area contributed by atoms with E-state index in [4.69, 9.17) is 5.73 Å². The summed E-state index contributed by atoms with van der Waals surface area (Å²) < 4.78 is 15.5. The summed E-state index contributed by atoms with van der Waals surface area (Å²) in [5.74, 6) is 0.202. The van der Waals surface area contributed by atoms with Crippen molar-refractivity contribution in [1.29, 1.82) is 0 Å². The highest BCUT2D eigenvalue weighted by Gasteiger charge is 2.12. The predicted octanol–water partition coefficient (Wildman–Crippen LogP) is 2.41. The minimum absolute atomic E-state index is 0.239. The summed E-state index contributed by atoms with van der Waals surface area (Å²) >= 11 is 0. The van der Waals surface area contributed by atoms with Crippen molar-refractivity contribution >= 4 is 17.0 Å². The summed E-state index contributed by atoms with van der Waals surface area (Å²) in [4.78, 5) is 6.46. The van der Waals surface area contributed by atoms with Crippen LogP contribution in [0.5, 0.6) is 0 Å². The van der Waals surface area contributed by atoms with E-state index in [9.17, 15) is 4.39 Å². The lowest BCUT2D eigenvalue weighted by Gasteiger charge is -2.21. The van der Waals surface area contributed by atoms with Gasteiger partial charge in [-0.1, -0.05) is 0 Å². The number of anilines is 1. The molecule has 0 spiro atoms. The number of nitrogens with two attached hydrogens (primary N) is 1. The third-order valence-electron chi connectivity index (χ3n) is 3.62. The second-order valence-electron chi connectivity index (χ2n) is 5.29. The lowest BCUT2D eigenvalue weighted by Crippen LogP contribution is -2.29. The van der Waals surface area contributed by atoms with Crippen molar-refractivity contribution in [2.45, 2.75) is 33.4 Å². The zero-order valence-electron chi connectivity index (χ0n) is 11.9. The van der Waals surface area contributed by atoms with E-state index in [2.05, 4.69) is 30.8 Å². The van der Waals surface area contributed by atoms with Gasteiger partial charge in [-0.15, -0.1) is 0 Å². The second kappa shape index (κ2) is 5.17.